The van der Waals surface area contributed by atoms with E-state index < -0.39 is 0 Å². The molecule has 1 nitrogen and oxygen atoms in total. The molecule has 0 saturated carbocycles. The Morgan fingerprint density at radius 2 is 1.95 bits per heavy atom. The second-order valence-corrected chi connectivity index (χ2v) is 6.45. The van der Waals surface area contributed by atoms with Gasteiger partial charge < -0.3 is 5.73 Å². The van der Waals surface area contributed by atoms with E-state index in [2.05, 4.69) is 41.6 Å². The second-order valence-electron chi connectivity index (χ2n) is 4.52. The molecule has 100 valence electrons. The predicted molar refractivity (Wildman–Crippen MR) is 91.0 cm³/mol. The Morgan fingerprint density at radius 1 is 1.21 bits per heavy atom. The van der Waals surface area contributed by atoms with Crippen molar-refractivity contribution in [3.05, 3.63) is 66.7 Å². The quantitative estimate of drug-likeness (QED) is 0.702. The molecule has 1 unspecified atom stereocenters. The van der Waals surface area contributed by atoms with Gasteiger partial charge in [-0.25, -0.2) is 0 Å². The molecule has 0 amide bonds. The fourth-order valence-corrected chi connectivity index (χ4v) is 3.15. The normalized spacial score (nSPS) is 12.5. The van der Waals surface area contributed by atoms with Crippen LogP contribution in [0.4, 0.5) is 0 Å². The average Bonchev–Trinajstić information content (AvgIpc) is 2.37. The Kier molecular flexibility index (Phi) is 5.12. The van der Waals surface area contributed by atoms with E-state index in [0.717, 1.165) is 11.1 Å². The molecule has 2 rings (SSSR count). The molecule has 0 heterocycles. The lowest BCUT2D eigenvalue weighted by Crippen LogP contribution is -2.15. The van der Waals surface area contributed by atoms with E-state index >= 15 is 0 Å². The number of hydrogen-bond donors (Lipinski definition) is 1. The zero-order valence-electron chi connectivity index (χ0n) is 10.5. The highest BCUT2D eigenvalue weighted by Gasteiger charge is 2.13. The fourth-order valence-electron chi connectivity index (χ4n) is 2.00. The number of benzene rings is 2. The molecule has 2 N–H and O–H groups in total. The summed E-state index contributed by atoms with van der Waals surface area (Å²) in [4.78, 5) is 0. The summed E-state index contributed by atoms with van der Waals surface area (Å²) in [6.07, 6.45) is 0.679. The summed E-state index contributed by atoms with van der Waals surface area (Å²) in [7, 11) is 0. The van der Waals surface area contributed by atoms with E-state index in [4.69, 9.17) is 28.9 Å². The molecule has 0 aliphatic rings. The van der Waals surface area contributed by atoms with Gasteiger partial charge in [0.1, 0.15) is 0 Å². The molecule has 2 aromatic carbocycles. The Labute approximate surface area is 137 Å². The lowest BCUT2D eigenvalue weighted by molar-refractivity contribution is 0.717. The number of rotatable bonds is 3. The molecular weight excluding hydrogens is 392 g/mol. The molecule has 1 atom stereocenters. The first-order valence-corrected chi connectivity index (χ1v) is 7.77. The van der Waals surface area contributed by atoms with Crippen LogP contribution in [-0.2, 0) is 6.42 Å². The van der Waals surface area contributed by atoms with Crippen molar-refractivity contribution in [2.75, 3.05) is 0 Å². The maximum Gasteiger partial charge on any atom is 0.0439 e. The molecule has 4 heteroatoms. The van der Waals surface area contributed by atoms with Crippen LogP contribution in [0.25, 0.3) is 0 Å². The summed E-state index contributed by atoms with van der Waals surface area (Å²) in [6.45, 7) is 2.09. The van der Waals surface area contributed by atoms with E-state index in [1.165, 1.54) is 9.13 Å². The molecule has 0 radical (unpaired) electrons. The number of hydrogen-bond acceptors (Lipinski definition) is 1. The number of aryl methyl sites for hydroxylation is 1. The van der Waals surface area contributed by atoms with Crippen LogP contribution in [0, 0.1) is 10.5 Å². The predicted octanol–water partition coefficient (Wildman–Crippen LogP) is 5.15. The highest BCUT2D eigenvalue weighted by molar-refractivity contribution is 14.1. The summed E-state index contributed by atoms with van der Waals surface area (Å²) < 4.78 is 1.21. The maximum atomic E-state index is 6.31. The van der Waals surface area contributed by atoms with Crippen molar-refractivity contribution in [1.29, 1.82) is 0 Å². The Hall–Kier alpha value is -0.290. The third-order valence-electron chi connectivity index (χ3n) is 3.07. The van der Waals surface area contributed by atoms with E-state index in [1.807, 2.05) is 18.2 Å². The molecule has 19 heavy (non-hydrogen) atoms. The van der Waals surface area contributed by atoms with Crippen LogP contribution < -0.4 is 5.73 Å². The Balaban J connectivity index is 2.28. The van der Waals surface area contributed by atoms with Gasteiger partial charge in [-0.15, -0.1) is 0 Å². The van der Waals surface area contributed by atoms with Gasteiger partial charge in [-0.3, -0.25) is 0 Å². The maximum absolute atomic E-state index is 6.31. The fraction of sp³-hybridized carbons (Fsp3) is 0.200. The third kappa shape index (κ3) is 3.63. The van der Waals surface area contributed by atoms with Gasteiger partial charge in [-0.05, 0) is 70.8 Å². The van der Waals surface area contributed by atoms with Crippen LogP contribution in [0.15, 0.2) is 36.4 Å². The smallest absolute Gasteiger partial charge is 0.0439 e. The minimum atomic E-state index is -0.0808. The van der Waals surface area contributed by atoms with Crippen molar-refractivity contribution >= 4 is 45.8 Å². The van der Waals surface area contributed by atoms with Gasteiger partial charge >= 0.3 is 0 Å². The minimum absolute atomic E-state index is 0.0808. The number of halogens is 3. The van der Waals surface area contributed by atoms with Gasteiger partial charge in [-0.1, -0.05) is 41.4 Å². The average molecular weight is 406 g/mol. The van der Waals surface area contributed by atoms with E-state index in [-0.39, 0.29) is 6.04 Å². The second kappa shape index (κ2) is 6.44. The van der Waals surface area contributed by atoms with Crippen molar-refractivity contribution in [2.45, 2.75) is 19.4 Å². The summed E-state index contributed by atoms with van der Waals surface area (Å²) in [5.74, 6) is 0. The van der Waals surface area contributed by atoms with Gasteiger partial charge in [0.05, 0.1) is 0 Å². The topological polar surface area (TPSA) is 26.0 Å². The molecular formula is C15H14Cl2IN. The van der Waals surface area contributed by atoms with Gasteiger partial charge in [-0.2, -0.15) is 0 Å². The van der Waals surface area contributed by atoms with Crippen LogP contribution in [-0.4, -0.2) is 0 Å². The molecule has 0 fully saturated rings. The highest BCUT2D eigenvalue weighted by Crippen LogP contribution is 2.28. The van der Waals surface area contributed by atoms with E-state index in [0.29, 0.717) is 16.5 Å². The van der Waals surface area contributed by atoms with Gasteiger partial charge in [0.25, 0.3) is 0 Å². The van der Waals surface area contributed by atoms with Crippen molar-refractivity contribution in [2.24, 2.45) is 5.73 Å². The molecule has 0 aliphatic carbocycles. The highest BCUT2D eigenvalue weighted by atomic mass is 127. The Bertz CT molecular complexity index is 599. The van der Waals surface area contributed by atoms with E-state index in [1.54, 1.807) is 6.07 Å². The van der Waals surface area contributed by atoms with E-state index in [9.17, 15) is 0 Å². The van der Waals surface area contributed by atoms with Crippen molar-refractivity contribution in [1.82, 2.24) is 0 Å². The van der Waals surface area contributed by atoms with Crippen LogP contribution >= 0.6 is 45.8 Å². The van der Waals surface area contributed by atoms with Crippen LogP contribution in [0.1, 0.15) is 22.7 Å². The standard InChI is InChI=1S/C15H14Cl2IN/c1-9-3-2-4-12(15(9)18)14(19)8-10-7-11(16)5-6-13(10)17/h2-7,14H,8,19H2,1H3. The zero-order chi connectivity index (χ0) is 14.0. The van der Waals surface area contributed by atoms with Crippen LogP contribution in [0.5, 0.6) is 0 Å². The molecule has 0 aromatic heterocycles. The summed E-state index contributed by atoms with van der Waals surface area (Å²) in [6, 6.07) is 11.6. The lowest BCUT2D eigenvalue weighted by Gasteiger charge is -2.16. The first-order chi connectivity index (χ1) is 8.99. The monoisotopic (exact) mass is 405 g/mol. The first kappa shape index (κ1) is 15.1. The first-order valence-electron chi connectivity index (χ1n) is 5.93. The van der Waals surface area contributed by atoms with Crippen LogP contribution in [0.3, 0.4) is 0 Å². The molecule has 0 aliphatic heterocycles. The largest absolute Gasteiger partial charge is 0.324 e. The lowest BCUT2D eigenvalue weighted by atomic mass is 9.98. The molecule has 2 aromatic rings. The third-order valence-corrected chi connectivity index (χ3v) is 5.15. The zero-order valence-corrected chi connectivity index (χ0v) is 14.1. The van der Waals surface area contributed by atoms with Crippen molar-refractivity contribution < 1.29 is 0 Å². The molecule has 0 bridgehead atoms. The van der Waals surface area contributed by atoms with Gasteiger partial charge in [0, 0.05) is 19.7 Å². The SMILES string of the molecule is Cc1cccc(C(N)Cc2cc(Cl)ccc2Cl)c1I. The Morgan fingerprint density at radius 3 is 2.68 bits per heavy atom. The van der Waals surface area contributed by atoms with Gasteiger partial charge in [0.2, 0.25) is 0 Å². The summed E-state index contributed by atoms with van der Waals surface area (Å²) in [5.41, 5.74) is 9.69. The van der Waals surface area contributed by atoms with Gasteiger partial charge in [0.15, 0.2) is 0 Å². The van der Waals surface area contributed by atoms with Crippen molar-refractivity contribution in [3.63, 3.8) is 0 Å². The summed E-state index contributed by atoms with van der Waals surface area (Å²) in [5, 5.41) is 1.40. The number of nitrogens with two attached hydrogens (primary N) is 1. The minimum Gasteiger partial charge on any atom is -0.324 e. The van der Waals surface area contributed by atoms with Crippen LogP contribution in [0.2, 0.25) is 10.0 Å². The summed E-state index contributed by atoms with van der Waals surface area (Å²) >= 11 is 14.5. The van der Waals surface area contributed by atoms with Crippen molar-refractivity contribution in [3.8, 4) is 0 Å². The molecule has 0 saturated heterocycles. The molecule has 0 spiro atoms.